The third kappa shape index (κ3) is 4.86. The van der Waals surface area contributed by atoms with Crippen LogP contribution in [0.2, 0.25) is 0 Å². The maximum Gasteiger partial charge on any atom is 0.461 e. The normalized spacial score (nSPS) is 16.8. The second kappa shape index (κ2) is 9.16. The molecule has 0 amide bonds. The summed E-state index contributed by atoms with van der Waals surface area (Å²) >= 11 is 0. The Morgan fingerprint density at radius 3 is 1.05 bits per heavy atom. The molecule has 1 atom stereocenters. The highest BCUT2D eigenvalue weighted by atomic mass is 19.4. The van der Waals surface area contributed by atoms with Crippen LogP contribution in [0.1, 0.15) is 0 Å². The molecule has 0 bridgehead atoms. The number of rotatable bonds is 5. The van der Waals surface area contributed by atoms with Crippen LogP contribution >= 0.6 is 0 Å². The summed E-state index contributed by atoms with van der Waals surface area (Å²) in [7, 11) is 0. The summed E-state index contributed by atoms with van der Waals surface area (Å²) in [5, 5.41) is 0. The molecule has 0 aliphatic rings. The minimum absolute atomic E-state index is 2.25. The second-order valence-electron chi connectivity index (χ2n) is 6.51. The third-order valence-electron chi connectivity index (χ3n) is 4.08. The first kappa shape index (κ1) is 33.2. The summed E-state index contributed by atoms with van der Waals surface area (Å²) in [6.07, 6.45) is -32.4. The molecule has 38 heavy (non-hydrogen) atoms. The van der Waals surface area contributed by atoms with E-state index in [0.717, 1.165) is 0 Å². The van der Waals surface area contributed by atoms with Gasteiger partial charge in [-0.3, -0.25) is 0 Å². The SMILES string of the molecule is F/C(=C(/C(F)(F)F)C(F)(Oc1c(F)c(F)c(F)c(F)c1F)C(F)(F)C(F)(F)F)C(F)(C(F)(F)F)C(F)(F)F. The Balaban J connectivity index is 4.52. The maximum atomic E-state index is 14.9. The third-order valence-corrected chi connectivity index (χ3v) is 4.08. The summed E-state index contributed by atoms with van der Waals surface area (Å²) < 4.78 is 293. The average molecular weight is 614 g/mol. The van der Waals surface area contributed by atoms with Crippen molar-refractivity contribution >= 4 is 0 Å². The summed E-state index contributed by atoms with van der Waals surface area (Å²) in [5.41, 5.74) is -14.1. The number of ether oxygens (including phenoxy) is 1. The number of alkyl halides is 16. The van der Waals surface area contributed by atoms with Gasteiger partial charge in [0.25, 0.3) is 0 Å². The molecule has 0 aromatic heterocycles. The molecule has 0 saturated carbocycles. The largest absolute Gasteiger partial charge is 0.461 e. The van der Waals surface area contributed by atoms with E-state index in [9.17, 15) is 96.6 Å². The first-order valence-electron chi connectivity index (χ1n) is 8.07. The van der Waals surface area contributed by atoms with Gasteiger partial charge in [-0.05, 0) is 0 Å². The van der Waals surface area contributed by atoms with Crippen LogP contribution in [0.4, 0.5) is 96.6 Å². The van der Waals surface area contributed by atoms with Crippen LogP contribution in [0, 0.1) is 29.1 Å². The Morgan fingerprint density at radius 2 is 0.789 bits per heavy atom. The molecule has 0 radical (unpaired) electrons. The zero-order valence-corrected chi connectivity index (χ0v) is 16.2. The van der Waals surface area contributed by atoms with Crippen LogP contribution in [0.15, 0.2) is 11.4 Å². The van der Waals surface area contributed by atoms with Crippen LogP contribution in [0.5, 0.6) is 5.75 Å². The number of halogens is 22. The quantitative estimate of drug-likeness (QED) is 0.185. The summed E-state index contributed by atoms with van der Waals surface area (Å²) in [4.78, 5) is 0. The van der Waals surface area contributed by atoms with Crippen LogP contribution in [-0.4, -0.2) is 42.2 Å². The molecule has 0 heterocycles. The van der Waals surface area contributed by atoms with Crippen molar-refractivity contribution in [2.24, 2.45) is 0 Å². The molecule has 0 aliphatic carbocycles. The standard InChI is InChI=1S/C15F22O/c16-1-2(17)4(19)6(5(20)3(1)18)38-10(23,12(27,28)15(35,36)37)7(11(24,25)26)8(21)9(22,13(29,30)31)14(32,33)34/b8-7+. The lowest BCUT2D eigenvalue weighted by atomic mass is 9.91. The first-order valence-corrected chi connectivity index (χ1v) is 8.07. The minimum atomic E-state index is -8.39. The van der Waals surface area contributed by atoms with E-state index >= 15 is 0 Å². The van der Waals surface area contributed by atoms with Gasteiger partial charge in [0.05, 0.1) is 0 Å². The molecule has 1 aromatic rings. The first-order chi connectivity index (χ1) is 16.4. The number of benzene rings is 1. The Labute approximate surface area is 191 Å². The molecule has 0 N–H and O–H groups in total. The molecular weight excluding hydrogens is 614 g/mol. The number of hydrogen-bond donors (Lipinski definition) is 0. The number of hydrogen-bond acceptors (Lipinski definition) is 1. The van der Waals surface area contributed by atoms with Gasteiger partial charge >= 0.3 is 42.2 Å². The van der Waals surface area contributed by atoms with Gasteiger partial charge in [-0.1, -0.05) is 0 Å². The lowest BCUT2D eigenvalue weighted by Crippen LogP contribution is -2.63. The average Bonchev–Trinajstić information content (AvgIpc) is 2.69. The Hall–Kier alpha value is -2.78. The summed E-state index contributed by atoms with van der Waals surface area (Å²) in [6, 6.07) is 0. The van der Waals surface area contributed by atoms with Gasteiger partial charge in [0, 0.05) is 0 Å². The molecule has 220 valence electrons. The van der Waals surface area contributed by atoms with Gasteiger partial charge in [-0.25, -0.2) is 22.0 Å². The molecule has 1 nitrogen and oxygen atoms in total. The van der Waals surface area contributed by atoms with Crippen molar-refractivity contribution in [2.75, 3.05) is 0 Å². The topological polar surface area (TPSA) is 9.23 Å². The minimum Gasteiger partial charge on any atom is -0.442 e. The maximum absolute atomic E-state index is 14.9. The molecule has 0 fully saturated rings. The molecule has 0 aliphatic heterocycles. The van der Waals surface area contributed by atoms with Crippen molar-refractivity contribution in [2.45, 2.75) is 42.2 Å². The van der Waals surface area contributed by atoms with Gasteiger partial charge in [0.2, 0.25) is 34.8 Å². The van der Waals surface area contributed by atoms with E-state index in [2.05, 4.69) is 4.74 Å². The lowest BCUT2D eigenvalue weighted by Gasteiger charge is -2.38. The van der Waals surface area contributed by atoms with Gasteiger partial charge < -0.3 is 4.74 Å². The molecule has 1 aromatic carbocycles. The van der Waals surface area contributed by atoms with Crippen LogP contribution in [0.3, 0.4) is 0 Å². The monoisotopic (exact) mass is 614 g/mol. The summed E-state index contributed by atoms with van der Waals surface area (Å²) in [6.45, 7) is 0. The van der Waals surface area contributed by atoms with Crippen molar-refractivity contribution in [3.05, 3.63) is 40.5 Å². The highest BCUT2D eigenvalue weighted by Gasteiger charge is 2.83. The van der Waals surface area contributed by atoms with E-state index in [1.54, 1.807) is 0 Å². The van der Waals surface area contributed by atoms with E-state index in [0.29, 0.717) is 0 Å². The van der Waals surface area contributed by atoms with E-state index in [-0.39, 0.29) is 0 Å². The van der Waals surface area contributed by atoms with Gasteiger partial charge in [0.1, 0.15) is 0 Å². The highest BCUT2D eigenvalue weighted by Crippen LogP contribution is 2.59. The molecular formula is C15F22O. The van der Waals surface area contributed by atoms with Crippen LogP contribution in [0.25, 0.3) is 0 Å². The smallest absolute Gasteiger partial charge is 0.442 e. The Kier molecular flexibility index (Phi) is 8.01. The molecule has 0 spiro atoms. The van der Waals surface area contributed by atoms with E-state index in [1.807, 2.05) is 0 Å². The predicted molar refractivity (Wildman–Crippen MR) is 71.8 cm³/mol. The van der Waals surface area contributed by atoms with E-state index in [4.69, 9.17) is 0 Å². The van der Waals surface area contributed by atoms with Crippen molar-refractivity contribution in [1.29, 1.82) is 0 Å². The fraction of sp³-hybridized carbons (Fsp3) is 0.467. The Morgan fingerprint density at radius 1 is 0.474 bits per heavy atom. The fourth-order valence-electron chi connectivity index (χ4n) is 2.30. The number of allylic oxidation sites excluding steroid dienone is 1. The molecule has 23 heteroatoms. The zero-order chi connectivity index (χ0) is 30.8. The van der Waals surface area contributed by atoms with Gasteiger partial charge in [0.15, 0.2) is 11.4 Å². The van der Waals surface area contributed by atoms with Gasteiger partial charge in [-0.2, -0.15) is 74.6 Å². The fourth-order valence-corrected chi connectivity index (χ4v) is 2.30. The lowest BCUT2D eigenvalue weighted by molar-refractivity contribution is -0.365. The van der Waals surface area contributed by atoms with E-state index in [1.165, 1.54) is 0 Å². The molecule has 0 saturated heterocycles. The predicted octanol–water partition coefficient (Wildman–Crippen LogP) is 8.24. The molecule has 1 rings (SSSR count). The zero-order valence-electron chi connectivity index (χ0n) is 16.2. The van der Waals surface area contributed by atoms with Crippen LogP contribution in [-0.2, 0) is 0 Å². The molecule has 1 unspecified atom stereocenters. The Bertz CT molecular complexity index is 1060. The van der Waals surface area contributed by atoms with Crippen molar-refractivity contribution in [3.63, 3.8) is 0 Å². The van der Waals surface area contributed by atoms with Crippen molar-refractivity contribution in [3.8, 4) is 5.75 Å². The van der Waals surface area contributed by atoms with E-state index < -0.39 is 88.4 Å². The second-order valence-corrected chi connectivity index (χ2v) is 6.51. The highest BCUT2D eigenvalue weighted by molar-refractivity contribution is 5.38. The van der Waals surface area contributed by atoms with Crippen molar-refractivity contribution < 1.29 is 101 Å². The van der Waals surface area contributed by atoms with Crippen molar-refractivity contribution in [1.82, 2.24) is 0 Å². The van der Waals surface area contributed by atoms with Crippen LogP contribution < -0.4 is 4.74 Å². The summed E-state index contributed by atoms with van der Waals surface area (Å²) in [5.74, 6) is -44.8. The van der Waals surface area contributed by atoms with Gasteiger partial charge in [-0.15, -0.1) is 0 Å².